The van der Waals surface area contributed by atoms with Crippen LogP contribution in [0.25, 0.3) is 0 Å². The van der Waals surface area contributed by atoms with E-state index in [0.29, 0.717) is 17.2 Å². The number of aromatic nitrogens is 1. The summed E-state index contributed by atoms with van der Waals surface area (Å²) in [4.78, 5) is 6.53. The first kappa shape index (κ1) is 11.0. The van der Waals surface area contributed by atoms with Crippen LogP contribution in [0.3, 0.4) is 0 Å². The molecule has 0 spiro atoms. The number of pyridine rings is 1. The smallest absolute Gasteiger partial charge is 0.129 e. The van der Waals surface area contributed by atoms with Crippen molar-refractivity contribution in [3.05, 3.63) is 23.5 Å². The van der Waals surface area contributed by atoms with E-state index >= 15 is 0 Å². The molecule has 2 aliphatic rings. The molecule has 0 aromatic carbocycles. The van der Waals surface area contributed by atoms with Gasteiger partial charge in [-0.15, -0.1) is 12.4 Å². The Kier molecular flexibility index (Phi) is 3.05. The fraction of sp³-hybridized carbons (Fsp3) is 0.500. The lowest BCUT2D eigenvalue weighted by molar-refractivity contribution is 0.579. The van der Waals surface area contributed by atoms with Gasteiger partial charge < -0.3 is 10.2 Å². The Hall–Kier alpha value is -0.510. The maximum Gasteiger partial charge on any atom is 0.129 e. The summed E-state index contributed by atoms with van der Waals surface area (Å²) < 4.78 is 0. The Balaban J connectivity index is 0.000000853. The highest BCUT2D eigenvalue weighted by atomic mass is 35.5. The summed E-state index contributed by atoms with van der Waals surface area (Å²) in [6, 6.07) is 5.24. The number of nitrogens with zero attached hydrogens (tertiary/aromatic N) is 2. The molecule has 0 radical (unpaired) electrons. The van der Waals surface area contributed by atoms with Gasteiger partial charge in [-0.05, 0) is 18.6 Å². The van der Waals surface area contributed by atoms with Crippen LogP contribution >= 0.6 is 24.0 Å². The van der Waals surface area contributed by atoms with Crippen molar-refractivity contribution in [1.29, 1.82) is 0 Å². The Bertz CT molecular complexity index is 341. The highest BCUT2D eigenvalue weighted by Crippen LogP contribution is 2.28. The van der Waals surface area contributed by atoms with Crippen molar-refractivity contribution in [2.24, 2.45) is 0 Å². The van der Waals surface area contributed by atoms with E-state index in [-0.39, 0.29) is 12.4 Å². The Morgan fingerprint density at radius 3 is 2.87 bits per heavy atom. The van der Waals surface area contributed by atoms with E-state index in [1.807, 2.05) is 12.3 Å². The van der Waals surface area contributed by atoms with E-state index < -0.39 is 0 Å². The van der Waals surface area contributed by atoms with E-state index in [4.69, 9.17) is 11.6 Å². The minimum Gasteiger partial charge on any atom is -0.364 e. The lowest BCUT2D eigenvalue weighted by Crippen LogP contribution is -2.43. The minimum absolute atomic E-state index is 0. The van der Waals surface area contributed by atoms with Gasteiger partial charge in [0.15, 0.2) is 0 Å². The van der Waals surface area contributed by atoms with Gasteiger partial charge in [0.1, 0.15) is 5.15 Å². The maximum atomic E-state index is 5.76. The summed E-state index contributed by atoms with van der Waals surface area (Å²) in [6.45, 7) is 2.21. The fourth-order valence-electron chi connectivity index (χ4n) is 2.41. The van der Waals surface area contributed by atoms with Crippen molar-refractivity contribution >= 4 is 29.7 Å². The second-order valence-corrected chi connectivity index (χ2v) is 4.37. The zero-order valence-electron chi connectivity index (χ0n) is 8.19. The first-order valence-electron chi connectivity index (χ1n) is 4.94. The average molecular weight is 246 g/mol. The van der Waals surface area contributed by atoms with Crippen LogP contribution < -0.4 is 10.2 Å². The molecular weight excluding hydrogens is 233 g/mol. The molecule has 0 aliphatic carbocycles. The zero-order valence-corrected chi connectivity index (χ0v) is 9.76. The first-order valence-corrected chi connectivity index (χ1v) is 5.32. The quantitative estimate of drug-likeness (QED) is 0.764. The van der Waals surface area contributed by atoms with Gasteiger partial charge in [-0.1, -0.05) is 11.6 Å². The summed E-state index contributed by atoms with van der Waals surface area (Å²) in [5.41, 5.74) is 1.20. The van der Waals surface area contributed by atoms with Crippen molar-refractivity contribution in [2.75, 3.05) is 18.0 Å². The standard InChI is InChI=1S/C10H12ClN3.ClH/c11-10-2-1-8(4-13-10)14-6-7-3-9(14)5-12-7;/h1-2,4,7,9,12H,3,5-6H2;1H. The van der Waals surface area contributed by atoms with Crippen LogP contribution in [-0.4, -0.2) is 30.2 Å². The van der Waals surface area contributed by atoms with Gasteiger partial charge >= 0.3 is 0 Å². The van der Waals surface area contributed by atoms with E-state index in [9.17, 15) is 0 Å². The van der Waals surface area contributed by atoms with E-state index in [1.165, 1.54) is 12.1 Å². The number of hydrogen-bond acceptors (Lipinski definition) is 3. The molecule has 2 unspecified atom stereocenters. The number of nitrogens with one attached hydrogen (secondary N) is 1. The largest absolute Gasteiger partial charge is 0.364 e. The molecule has 2 aliphatic heterocycles. The lowest BCUT2D eigenvalue weighted by atomic mass is 10.2. The van der Waals surface area contributed by atoms with Gasteiger partial charge in [0.2, 0.25) is 0 Å². The van der Waals surface area contributed by atoms with Gasteiger partial charge in [0.25, 0.3) is 0 Å². The van der Waals surface area contributed by atoms with E-state index in [2.05, 4.69) is 21.3 Å². The normalized spacial score (nSPS) is 27.9. The molecule has 5 heteroatoms. The summed E-state index contributed by atoms with van der Waals surface area (Å²) >= 11 is 5.76. The molecule has 1 aromatic heterocycles. The molecular formula is C10H13Cl2N3. The highest BCUT2D eigenvalue weighted by molar-refractivity contribution is 6.29. The number of anilines is 1. The summed E-state index contributed by atoms with van der Waals surface area (Å²) in [5.74, 6) is 0. The Morgan fingerprint density at radius 2 is 2.33 bits per heavy atom. The molecule has 2 atom stereocenters. The number of halogens is 2. The van der Waals surface area contributed by atoms with Gasteiger partial charge in [-0.25, -0.2) is 4.98 Å². The van der Waals surface area contributed by atoms with Crippen LogP contribution in [0.1, 0.15) is 6.42 Å². The van der Waals surface area contributed by atoms with Crippen LogP contribution in [0.15, 0.2) is 18.3 Å². The van der Waals surface area contributed by atoms with Gasteiger partial charge in [-0.2, -0.15) is 0 Å². The molecule has 2 fully saturated rings. The first-order chi connectivity index (χ1) is 6.83. The molecule has 0 saturated carbocycles. The SMILES string of the molecule is Cl.Clc1ccc(N2CC3CC2CN3)cn1. The number of fused-ring (bicyclic) bond motifs is 2. The van der Waals surface area contributed by atoms with Crippen LogP contribution in [-0.2, 0) is 0 Å². The third-order valence-corrected chi connectivity index (χ3v) is 3.32. The van der Waals surface area contributed by atoms with Crippen LogP contribution in [0, 0.1) is 0 Å². The molecule has 3 rings (SSSR count). The number of rotatable bonds is 1. The van der Waals surface area contributed by atoms with Gasteiger partial charge in [0.05, 0.1) is 11.9 Å². The molecule has 2 bridgehead atoms. The fourth-order valence-corrected chi connectivity index (χ4v) is 2.53. The minimum atomic E-state index is 0. The van der Waals surface area contributed by atoms with E-state index in [0.717, 1.165) is 13.1 Å². The predicted octanol–water partition coefficient (Wildman–Crippen LogP) is 1.71. The number of hydrogen-bond donors (Lipinski definition) is 1. The van der Waals surface area contributed by atoms with Crippen molar-refractivity contribution in [3.63, 3.8) is 0 Å². The van der Waals surface area contributed by atoms with Crippen LogP contribution in [0.5, 0.6) is 0 Å². The molecule has 2 saturated heterocycles. The topological polar surface area (TPSA) is 28.2 Å². The highest BCUT2D eigenvalue weighted by Gasteiger charge is 2.37. The molecule has 0 amide bonds. The summed E-state index contributed by atoms with van der Waals surface area (Å²) in [5, 5.41) is 4.04. The van der Waals surface area contributed by atoms with Crippen molar-refractivity contribution in [2.45, 2.75) is 18.5 Å². The van der Waals surface area contributed by atoms with Crippen molar-refractivity contribution < 1.29 is 0 Å². The van der Waals surface area contributed by atoms with Crippen LogP contribution in [0.2, 0.25) is 5.15 Å². The third-order valence-electron chi connectivity index (χ3n) is 3.10. The second kappa shape index (κ2) is 4.16. The molecule has 82 valence electrons. The van der Waals surface area contributed by atoms with Crippen LogP contribution in [0.4, 0.5) is 5.69 Å². The summed E-state index contributed by atoms with van der Waals surface area (Å²) in [6.07, 6.45) is 3.13. The molecule has 3 heterocycles. The third kappa shape index (κ3) is 1.92. The molecule has 15 heavy (non-hydrogen) atoms. The second-order valence-electron chi connectivity index (χ2n) is 3.99. The summed E-state index contributed by atoms with van der Waals surface area (Å²) in [7, 11) is 0. The van der Waals surface area contributed by atoms with Gasteiger partial charge in [-0.3, -0.25) is 0 Å². The molecule has 1 aromatic rings. The molecule has 3 nitrogen and oxygen atoms in total. The predicted molar refractivity (Wildman–Crippen MR) is 64.0 cm³/mol. The number of piperazine rings is 1. The zero-order chi connectivity index (χ0) is 9.54. The lowest BCUT2D eigenvalue weighted by Gasteiger charge is -2.29. The monoisotopic (exact) mass is 245 g/mol. The molecule has 1 N–H and O–H groups in total. The average Bonchev–Trinajstić information content (AvgIpc) is 2.80. The van der Waals surface area contributed by atoms with Crippen molar-refractivity contribution in [1.82, 2.24) is 10.3 Å². The van der Waals surface area contributed by atoms with Crippen molar-refractivity contribution in [3.8, 4) is 0 Å². The Labute approximate surface area is 100 Å². The maximum absolute atomic E-state index is 5.76. The van der Waals surface area contributed by atoms with Gasteiger partial charge in [0, 0.05) is 25.2 Å². The Morgan fingerprint density at radius 1 is 1.47 bits per heavy atom. The van der Waals surface area contributed by atoms with E-state index in [1.54, 1.807) is 0 Å².